The van der Waals surface area contributed by atoms with Gasteiger partial charge in [-0.15, -0.1) is 0 Å². The van der Waals surface area contributed by atoms with Gasteiger partial charge in [0.2, 0.25) is 0 Å². The molecule has 1 rings (SSSR count). The third-order valence-corrected chi connectivity index (χ3v) is 2.36. The predicted octanol–water partition coefficient (Wildman–Crippen LogP) is 2.61. The number of benzene rings is 1. The van der Waals surface area contributed by atoms with Gasteiger partial charge in [-0.2, -0.15) is 0 Å². The summed E-state index contributed by atoms with van der Waals surface area (Å²) in [5.41, 5.74) is 1.07. The molecular weight excluding hydrogens is 232 g/mol. The zero-order valence-electron chi connectivity index (χ0n) is 11.3. The topological polar surface area (TPSA) is 36.9 Å². The summed E-state index contributed by atoms with van der Waals surface area (Å²) in [5, 5.41) is 0. The van der Waals surface area contributed by atoms with Gasteiger partial charge in [-0.05, 0) is 31.5 Å². The van der Waals surface area contributed by atoms with Gasteiger partial charge < -0.3 is 18.9 Å². The Bertz CT molecular complexity index is 321. The molecule has 0 N–H and O–H groups in total. The molecule has 18 heavy (non-hydrogen) atoms. The number of rotatable bonds is 9. The van der Waals surface area contributed by atoms with Crippen LogP contribution in [-0.4, -0.2) is 33.2 Å². The average Bonchev–Trinajstić information content (AvgIpc) is 2.39. The molecule has 0 fully saturated rings. The van der Waals surface area contributed by atoms with E-state index in [2.05, 4.69) is 0 Å². The van der Waals surface area contributed by atoms with Crippen LogP contribution in [0.1, 0.15) is 19.4 Å². The van der Waals surface area contributed by atoms with Crippen LogP contribution in [0, 0.1) is 0 Å². The third-order valence-electron chi connectivity index (χ3n) is 2.36. The maximum Gasteiger partial charge on any atom is 0.180 e. The second kappa shape index (κ2) is 8.91. The van der Waals surface area contributed by atoms with E-state index >= 15 is 0 Å². The highest BCUT2D eigenvalue weighted by Gasteiger charge is 2.07. The second-order valence-corrected chi connectivity index (χ2v) is 3.71. The highest BCUT2D eigenvalue weighted by molar-refractivity contribution is 5.27. The molecule has 0 heterocycles. The minimum absolute atomic E-state index is 0.286. The van der Waals surface area contributed by atoms with Crippen molar-refractivity contribution in [2.24, 2.45) is 0 Å². The van der Waals surface area contributed by atoms with E-state index in [1.807, 2.05) is 38.1 Å². The zero-order chi connectivity index (χ0) is 13.2. The lowest BCUT2D eigenvalue weighted by atomic mass is 10.2. The Labute approximate surface area is 109 Å². The summed E-state index contributed by atoms with van der Waals surface area (Å²) in [4.78, 5) is 0. The van der Waals surface area contributed by atoms with Crippen molar-refractivity contribution < 1.29 is 18.9 Å². The summed E-state index contributed by atoms with van der Waals surface area (Å²) in [6.45, 7) is 6.06. The van der Waals surface area contributed by atoms with Crippen molar-refractivity contribution in [3.05, 3.63) is 29.8 Å². The first kappa shape index (κ1) is 15.0. The Kier molecular flexibility index (Phi) is 7.41. The largest absolute Gasteiger partial charge is 0.497 e. The molecule has 0 aliphatic rings. The van der Waals surface area contributed by atoms with Crippen molar-refractivity contribution in [2.45, 2.75) is 26.7 Å². The summed E-state index contributed by atoms with van der Waals surface area (Å²) in [5.74, 6) is 0.835. The molecule has 0 atom stereocenters. The predicted molar refractivity (Wildman–Crippen MR) is 69.7 cm³/mol. The Morgan fingerprint density at radius 2 is 1.83 bits per heavy atom. The highest BCUT2D eigenvalue weighted by Crippen LogP contribution is 2.13. The van der Waals surface area contributed by atoms with Crippen LogP contribution in [0.2, 0.25) is 0 Å². The summed E-state index contributed by atoms with van der Waals surface area (Å²) >= 11 is 0. The minimum Gasteiger partial charge on any atom is -0.497 e. The van der Waals surface area contributed by atoms with Gasteiger partial charge in [0.05, 0.1) is 20.3 Å². The Morgan fingerprint density at radius 1 is 1.11 bits per heavy atom. The number of hydrogen-bond acceptors (Lipinski definition) is 4. The lowest BCUT2D eigenvalue weighted by molar-refractivity contribution is -0.169. The fourth-order valence-corrected chi connectivity index (χ4v) is 1.55. The molecule has 0 unspecified atom stereocenters. The SMILES string of the molecule is CCOC(COCc1cccc(OC)c1)OCC. The van der Waals surface area contributed by atoms with E-state index in [-0.39, 0.29) is 6.29 Å². The van der Waals surface area contributed by atoms with Gasteiger partial charge in [0, 0.05) is 13.2 Å². The maximum atomic E-state index is 5.58. The molecule has 0 saturated carbocycles. The smallest absolute Gasteiger partial charge is 0.180 e. The first-order valence-electron chi connectivity index (χ1n) is 6.24. The maximum absolute atomic E-state index is 5.58. The molecule has 0 aliphatic carbocycles. The fraction of sp³-hybridized carbons (Fsp3) is 0.571. The van der Waals surface area contributed by atoms with E-state index in [9.17, 15) is 0 Å². The van der Waals surface area contributed by atoms with Gasteiger partial charge in [0.25, 0.3) is 0 Å². The van der Waals surface area contributed by atoms with E-state index < -0.39 is 0 Å². The first-order chi connectivity index (χ1) is 8.80. The third kappa shape index (κ3) is 5.49. The van der Waals surface area contributed by atoms with E-state index in [1.165, 1.54) is 0 Å². The minimum atomic E-state index is -0.286. The van der Waals surface area contributed by atoms with Gasteiger partial charge in [0.15, 0.2) is 6.29 Å². The Balaban J connectivity index is 2.34. The first-order valence-corrected chi connectivity index (χ1v) is 6.24. The van der Waals surface area contributed by atoms with Crippen LogP contribution in [0.4, 0.5) is 0 Å². The van der Waals surface area contributed by atoms with Crippen molar-refractivity contribution in [3.63, 3.8) is 0 Å². The lowest BCUT2D eigenvalue weighted by Crippen LogP contribution is -2.23. The highest BCUT2D eigenvalue weighted by atomic mass is 16.7. The molecule has 1 aromatic rings. The van der Waals surface area contributed by atoms with Crippen molar-refractivity contribution in [1.82, 2.24) is 0 Å². The molecule has 0 radical (unpaired) electrons. The number of methoxy groups -OCH3 is 1. The average molecular weight is 254 g/mol. The number of hydrogen-bond donors (Lipinski definition) is 0. The van der Waals surface area contributed by atoms with E-state index in [1.54, 1.807) is 7.11 Å². The summed E-state index contributed by atoms with van der Waals surface area (Å²) in [7, 11) is 1.65. The standard InChI is InChI=1S/C14H22O4/c1-4-17-14(18-5-2)11-16-10-12-7-6-8-13(9-12)15-3/h6-9,14H,4-5,10-11H2,1-3H3. The van der Waals surface area contributed by atoms with E-state index in [0.717, 1.165) is 11.3 Å². The molecular formula is C14H22O4. The van der Waals surface area contributed by atoms with Crippen molar-refractivity contribution in [1.29, 1.82) is 0 Å². The summed E-state index contributed by atoms with van der Waals surface area (Å²) in [6, 6.07) is 7.81. The molecule has 0 aliphatic heterocycles. The lowest BCUT2D eigenvalue weighted by Gasteiger charge is -2.16. The van der Waals surface area contributed by atoms with Crippen LogP contribution in [0.3, 0.4) is 0 Å². The molecule has 0 bridgehead atoms. The van der Waals surface area contributed by atoms with E-state index in [4.69, 9.17) is 18.9 Å². The summed E-state index contributed by atoms with van der Waals surface area (Å²) in [6.07, 6.45) is -0.286. The normalized spacial score (nSPS) is 10.9. The van der Waals surface area contributed by atoms with Gasteiger partial charge in [-0.25, -0.2) is 0 Å². The molecule has 4 heteroatoms. The number of ether oxygens (including phenoxy) is 4. The molecule has 0 spiro atoms. The van der Waals surface area contributed by atoms with Crippen LogP contribution >= 0.6 is 0 Å². The van der Waals surface area contributed by atoms with Crippen molar-refractivity contribution >= 4 is 0 Å². The van der Waals surface area contributed by atoms with Crippen LogP contribution < -0.4 is 4.74 Å². The van der Waals surface area contributed by atoms with E-state index in [0.29, 0.717) is 26.4 Å². The monoisotopic (exact) mass is 254 g/mol. The molecule has 0 saturated heterocycles. The van der Waals surface area contributed by atoms with Crippen LogP contribution in [0.5, 0.6) is 5.75 Å². The van der Waals surface area contributed by atoms with Crippen LogP contribution in [0.15, 0.2) is 24.3 Å². The second-order valence-electron chi connectivity index (χ2n) is 3.71. The summed E-state index contributed by atoms with van der Waals surface area (Å²) < 4.78 is 21.5. The molecule has 4 nitrogen and oxygen atoms in total. The molecule has 1 aromatic carbocycles. The fourth-order valence-electron chi connectivity index (χ4n) is 1.55. The van der Waals surface area contributed by atoms with Crippen LogP contribution in [-0.2, 0) is 20.8 Å². The quantitative estimate of drug-likeness (QED) is 0.635. The van der Waals surface area contributed by atoms with Gasteiger partial charge >= 0.3 is 0 Å². The van der Waals surface area contributed by atoms with Crippen LogP contribution in [0.25, 0.3) is 0 Å². The molecule has 102 valence electrons. The van der Waals surface area contributed by atoms with Crippen molar-refractivity contribution in [3.8, 4) is 5.75 Å². The van der Waals surface area contributed by atoms with Gasteiger partial charge in [-0.3, -0.25) is 0 Å². The Morgan fingerprint density at radius 3 is 2.44 bits per heavy atom. The Hall–Kier alpha value is -1.10. The zero-order valence-corrected chi connectivity index (χ0v) is 11.3. The van der Waals surface area contributed by atoms with Gasteiger partial charge in [0.1, 0.15) is 5.75 Å². The van der Waals surface area contributed by atoms with Gasteiger partial charge in [-0.1, -0.05) is 12.1 Å². The molecule has 0 aromatic heterocycles. The molecule has 0 amide bonds. The van der Waals surface area contributed by atoms with Crippen molar-refractivity contribution in [2.75, 3.05) is 26.9 Å².